The quantitative estimate of drug-likeness (QED) is 0.675. The summed E-state index contributed by atoms with van der Waals surface area (Å²) < 4.78 is 1.31. The monoisotopic (exact) mass is 280 g/mol. The Morgan fingerprint density at radius 2 is 1.95 bits per heavy atom. The fourth-order valence-electron chi connectivity index (χ4n) is 2.06. The number of fused-ring (bicyclic) bond motifs is 1. The van der Waals surface area contributed by atoms with Crippen LogP contribution in [0.3, 0.4) is 0 Å². The summed E-state index contributed by atoms with van der Waals surface area (Å²) in [5.74, 6) is 0.499. The van der Waals surface area contributed by atoms with Crippen LogP contribution in [0.15, 0.2) is 9.59 Å². The van der Waals surface area contributed by atoms with Crippen molar-refractivity contribution in [1.82, 2.24) is 24.4 Å². The number of hydrogen-bond donors (Lipinski definition) is 3. The van der Waals surface area contributed by atoms with E-state index in [0.717, 1.165) is 19.6 Å². The Morgan fingerprint density at radius 3 is 2.60 bits per heavy atom. The van der Waals surface area contributed by atoms with Crippen LogP contribution in [0.1, 0.15) is 13.8 Å². The average molecular weight is 280 g/mol. The zero-order valence-corrected chi connectivity index (χ0v) is 12.0. The number of rotatable bonds is 6. The van der Waals surface area contributed by atoms with Crippen LogP contribution in [0.2, 0.25) is 0 Å². The van der Waals surface area contributed by atoms with E-state index >= 15 is 0 Å². The van der Waals surface area contributed by atoms with Gasteiger partial charge in [0.1, 0.15) is 0 Å². The number of likely N-dealkylation sites (N-methyl/N-ethyl adjacent to an activating group) is 1. The Morgan fingerprint density at radius 1 is 1.25 bits per heavy atom. The highest BCUT2D eigenvalue weighted by atomic mass is 16.2. The molecule has 0 spiro atoms. The van der Waals surface area contributed by atoms with E-state index in [2.05, 4.69) is 39.0 Å². The summed E-state index contributed by atoms with van der Waals surface area (Å²) >= 11 is 0. The van der Waals surface area contributed by atoms with Crippen molar-refractivity contribution in [2.24, 2.45) is 7.05 Å². The molecule has 0 saturated carbocycles. The summed E-state index contributed by atoms with van der Waals surface area (Å²) in [4.78, 5) is 34.8. The lowest BCUT2D eigenvalue weighted by Gasteiger charge is -2.17. The van der Waals surface area contributed by atoms with Crippen molar-refractivity contribution < 1.29 is 0 Å². The van der Waals surface area contributed by atoms with Gasteiger partial charge in [0.25, 0.3) is 5.56 Å². The highest BCUT2D eigenvalue weighted by Gasteiger charge is 2.10. The van der Waals surface area contributed by atoms with Gasteiger partial charge < -0.3 is 15.2 Å². The summed E-state index contributed by atoms with van der Waals surface area (Å²) in [6.07, 6.45) is 0. The average Bonchev–Trinajstić information content (AvgIpc) is 2.86. The first-order valence-corrected chi connectivity index (χ1v) is 6.72. The summed E-state index contributed by atoms with van der Waals surface area (Å²) in [6.45, 7) is 7.81. The van der Waals surface area contributed by atoms with E-state index in [1.54, 1.807) is 7.05 Å². The fourth-order valence-corrected chi connectivity index (χ4v) is 2.06. The van der Waals surface area contributed by atoms with Gasteiger partial charge in [-0.15, -0.1) is 0 Å². The van der Waals surface area contributed by atoms with Crippen LogP contribution in [-0.2, 0) is 7.05 Å². The molecule has 0 fully saturated rings. The fraction of sp³-hybridized carbons (Fsp3) is 0.583. The first-order valence-electron chi connectivity index (χ1n) is 6.72. The SMILES string of the molecule is CCN(CC)CCNc1nc2c([nH]1)c(=O)[nH]c(=O)n2C. The van der Waals surface area contributed by atoms with Crippen LogP contribution in [0.25, 0.3) is 11.2 Å². The van der Waals surface area contributed by atoms with Gasteiger partial charge in [-0.05, 0) is 13.1 Å². The van der Waals surface area contributed by atoms with Gasteiger partial charge in [-0.1, -0.05) is 13.8 Å². The van der Waals surface area contributed by atoms with Crippen molar-refractivity contribution in [2.45, 2.75) is 13.8 Å². The molecule has 20 heavy (non-hydrogen) atoms. The van der Waals surface area contributed by atoms with Crippen molar-refractivity contribution in [2.75, 3.05) is 31.5 Å². The Hall–Kier alpha value is -2.09. The van der Waals surface area contributed by atoms with Gasteiger partial charge in [-0.2, -0.15) is 4.98 Å². The van der Waals surface area contributed by atoms with E-state index in [9.17, 15) is 9.59 Å². The van der Waals surface area contributed by atoms with Gasteiger partial charge in [0.15, 0.2) is 11.2 Å². The number of nitrogens with zero attached hydrogens (tertiary/aromatic N) is 3. The first-order chi connectivity index (χ1) is 9.56. The normalized spacial score (nSPS) is 11.4. The summed E-state index contributed by atoms with van der Waals surface area (Å²) in [7, 11) is 1.57. The molecule has 110 valence electrons. The molecule has 0 saturated heterocycles. The van der Waals surface area contributed by atoms with Gasteiger partial charge in [-0.25, -0.2) is 4.79 Å². The molecule has 0 aliphatic heterocycles. The molecule has 8 heteroatoms. The number of aromatic amines is 2. The molecule has 3 N–H and O–H groups in total. The zero-order valence-electron chi connectivity index (χ0n) is 12.0. The number of imidazole rings is 1. The lowest BCUT2D eigenvalue weighted by Crippen LogP contribution is -2.28. The van der Waals surface area contributed by atoms with Crippen LogP contribution in [-0.4, -0.2) is 50.6 Å². The molecule has 0 amide bonds. The van der Waals surface area contributed by atoms with E-state index in [0.29, 0.717) is 23.7 Å². The minimum absolute atomic E-state index is 0.303. The van der Waals surface area contributed by atoms with Crippen molar-refractivity contribution in [3.8, 4) is 0 Å². The summed E-state index contributed by atoms with van der Waals surface area (Å²) in [6, 6.07) is 0. The van der Waals surface area contributed by atoms with Crippen molar-refractivity contribution in [3.05, 3.63) is 20.8 Å². The molecule has 0 aromatic carbocycles. The predicted molar refractivity (Wildman–Crippen MR) is 78.2 cm³/mol. The minimum Gasteiger partial charge on any atom is -0.354 e. The number of aryl methyl sites for hydroxylation is 1. The van der Waals surface area contributed by atoms with E-state index < -0.39 is 11.2 Å². The molecule has 8 nitrogen and oxygen atoms in total. The summed E-state index contributed by atoms with van der Waals surface area (Å²) in [5, 5.41) is 3.13. The third-order valence-electron chi connectivity index (χ3n) is 3.37. The lowest BCUT2D eigenvalue weighted by molar-refractivity contribution is 0.316. The Balaban J connectivity index is 2.17. The molecule has 2 aromatic rings. The third-order valence-corrected chi connectivity index (χ3v) is 3.37. The molecule has 2 heterocycles. The molecule has 0 atom stereocenters. The molecule has 2 aromatic heterocycles. The van der Waals surface area contributed by atoms with Gasteiger partial charge in [0.2, 0.25) is 5.95 Å². The Bertz CT molecular complexity index is 694. The highest BCUT2D eigenvalue weighted by Crippen LogP contribution is 2.07. The standard InChI is InChI=1S/C12H20N6O2/c1-4-18(5-2)7-6-13-11-14-8-9(15-11)17(3)12(20)16-10(8)19/h4-7H2,1-3H3,(H2,13,14,15)(H,16,19,20). The van der Waals surface area contributed by atoms with E-state index in [1.165, 1.54) is 4.57 Å². The second-order valence-electron chi connectivity index (χ2n) is 4.56. The van der Waals surface area contributed by atoms with Gasteiger partial charge >= 0.3 is 5.69 Å². The largest absolute Gasteiger partial charge is 0.354 e. The Labute approximate surface area is 115 Å². The maximum Gasteiger partial charge on any atom is 0.329 e. The topological polar surface area (TPSA) is 98.8 Å². The number of nitrogens with one attached hydrogen (secondary N) is 3. The maximum atomic E-state index is 11.7. The molecule has 0 radical (unpaired) electrons. The van der Waals surface area contributed by atoms with Gasteiger partial charge in [0.05, 0.1) is 0 Å². The van der Waals surface area contributed by atoms with Crippen LogP contribution in [0.4, 0.5) is 5.95 Å². The van der Waals surface area contributed by atoms with E-state index in [-0.39, 0.29) is 0 Å². The smallest absolute Gasteiger partial charge is 0.329 e. The number of anilines is 1. The summed E-state index contributed by atoms with van der Waals surface area (Å²) in [5.41, 5.74) is -0.266. The first kappa shape index (κ1) is 14.3. The third kappa shape index (κ3) is 2.74. The number of aromatic nitrogens is 4. The van der Waals surface area contributed by atoms with Crippen molar-refractivity contribution >= 4 is 17.1 Å². The van der Waals surface area contributed by atoms with Crippen LogP contribution in [0.5, 0.6) is 0 Å². The molecule has 0 bridgehead atoms. The predicted octanol–water partition coefficient (Wildman–Crippen LogP) is -0.296. The molecule has 2 rings (SSSR count). The Kier molecular flexibility index (Phi) is 4.23. The van der Waals surface area contributed by atoms with Crippen LogP contribution < -0.4 is 16.6 Å². The minimum atomic E-state index is -0.469. The second-order valence-corrected chi connectivity index (χ2v) is 4.56. The van der Waals surface area contributed by atoms with Crippen molar-refractivity contribution in [1.29, 1.82) is 0 Å². The number of H-pyrrole nitrogens is 2. The van der Waals surface area contributed by atoms with Crippen LogP contribution in [0, 0.1) is 0 Å². The maximum absolute atomic E-state index is 11.7. The molecular formula is C12H20N6O2. The number of hydrogen-bond acceptors (Lipinski definition) is 5. The molecule has 0 unspecified atom stereocenters. The van der Waals surface area contributed by atoms with Gasteiger partial charge in [-0.3, -0.25) is 14.3 Å². The van der Waals surface area contributed by atoms with E-state index in [1.807, 2.05) is 0 Å². The lowest BCUT2D eigenvalue weighted by atomic mass is 10.5. The van der Waals surface area contributed by atoms with Gasteiger partial charge in [0, 0.05) is 20.1 Å². The molecule has 0 aliphatic rings. The van der Waals surface area contributed by atoms with E-state index in [4.69, 9.17) is 0 Å². The highest BCUT2D eigenvalue weighted by molar-refractivity contribution is 5.72. The van der Waals surface area contributed by atoms with Crippen molar-refractivity contribution in [3.63, 3.8) is 0 Å². The molecular weight excluding hydrogens is 260 g/mol. The zero-order chi connectivity index (χ0) is 14.7. The molecule has 0 aliphatic carbocycles. The van der Waals surface area contributed by atoms with Crippen LogP contribution >= 0.6 is 0 Å². The second kappa shape index (κ2) is 5.91.